The van der Waals surface area contributed by atoms with Crippen LogP contribution in [0, 0.1) is 0 Å². The molecule has 0 fully saturated rings. The second-order valence-electron chi connectivity index (χ2n) is 8.99. The summed E-state index contributed by atoms with van der Waals surface area (Å²) in [5.41, 5.74) is 2.08. The van der Waals surface area contributed by atoms with Crippen molar-refractivity contribution >= 4 is 45.0 Å². The summed E-state index contributed by atoms with van der Waals surface area (Å²) in [5, 5.41) is -0.493. The Kier molecular flexibility index (Phi) is 6.76. The predicted molar refractivity (Wildman–Crippen MR) is 154 cm³/mol. The van der Waals surface area contributed by atoms with Crippen LogP contribution >= 0.6 is 23.4 Å². The third kappa shape index (κ3) is 4.76. The van der Waals surface area contributed by atoms with Crippen molar-refractivity contribution in [1.82, 2.24) is 9.55 Å². The van der Waals surface area contributed by atoms with Crippen LogP contribution in [0.15, 0.2) is 125 Å². The maximum absolute atomic E-state index is 14.3. The first-order valence-corrected chi connectivity index (χ1v) is 14.9. The molecule has 1 aliphatic heterocycles. The van der Waals surface area contributed by atoms with Gasteiger partial charge < -0.3 is 0 Å². The van der Waals surface area contributed by atoms with Crippen LogP contribution in [0.3, 0.4) is 0 Å². The number of carbonyl (C=O) groups is 1. The summed E-state index contributed by atoms with van der Waals surface area (Å²) in [6, 6.07) is 34.8. The van der Waals surface area contributed by atoms with Crippen LogP contribution in [-0.2, 0) is 16.6 Å². The number of nitrogens with zero attached hydrogens (tertiary/aromatic N) is 3. The first kappa shape index (κ1) is 25.4. The average molecular weight is 572 g/mol. The number of rotatable bonds is 6. The number of carbonyl (C=O) groups excluding carboxylic acids is 1. The number of para-hydroxylation sites is 1. The third-order valence-corrected chi connectivity index (χ3v) is 9.66. The Morgan fingerprint density at radius 2 is 1.38 bits per heavy atom. The van der Waals surface area contributed by atoms with Gasteiger partial charge in [0.2, 0.25) is 5.78 Å². The van der Waals surface area contributed by atoms with Gasteiger partial charge in [0.1, 0.15) is 5.69 Å². The zero-order valence-electron chi connectivity index (χ0n) is 20.5. The molecule has 1 atom stereocenters. The highest BCUT2D eigenvalue weighted by Gasteiger charge is 2.49. The number of benzene rings is 4. The van der Waals surface area contributed by atoms with Crippen LogP contribution in [0.1, 0.15) is 26.9 Å². The molecule has 39 heavy (non-hydrogen) atoms. The average Bonchev–Trinajstić information content (AvgIpc) is 3.32. The maximum Gasteiger partial charge on any atom is 0.251 e. The molecule has 6 nitrogen and oxygen atoms in total. The number of imidazole rings is 1. The lowest BCUT2D eigenvalue weighted by Crippen LogP contribution is -2.43. The Hall–Kier alpha value is -3.85. The summed E-state index contributed by atoms with van der Waals surface area (Å²) < 4.78 is 31.5. The van der Waals surface area contributed by atoms with Crippen LogP contribution in [0.4, 0.5) is 5.82 Å². The molecule has 0 radical (unpaired) electrons. The Bertz CT molecular complexity index is 1740. The Labute approximate surface area is 235 Å². The van der Waals surface area contributed by atoms with Crippen molar-refractivity contribution in [3.63, 3.8) is 0 Å². The van der Waals surface area contributed by atoms with Crippen LogP contribution in [-0.4, -0.2) is 23.8 Å². The quantitative estimate of drug-likeness (QED) is 0.220. The number of aromatic nitrogens is 2. The summed E-state index contributed by atoms with van der Waals surface area (Å²) >= 11 is 7.47. The summed E-state index contributed by atoms with van der Waals surface area (Å²) in [7, 11) is -4.19. The van der Waals surface area contributed by atoms with Gasteiger partial charge in [-0.1, -0.05) is 102 Å². The van der Waals surface area contributed by atoms with Gasteiger partial charge in [-0.2, -0.15) is 0 Å². The molecule has 0 aliphatic carbocycles. The minimum Gasteiger partial charge on any atom is -0.290 e. The first-order chi connectivity index (χ1) is 18.9. The van der Waals surface area contributed by atoms with E-state index < -0.39 is 21.1 Å². The van der Waals surface area contributed by atoms with E-state index in [9.17, 15) is 13.2 Å². The van der Waals surface area contributed by atoms with Gasteiger partial charge in [-0.15, -0.1) is 0 Å². The largest absolute Gasteiger partial charge is 0.290 e. The topological polar surface area (TPSA) is 72.3 Å². The third-order valence-electron chi connectivity index (χ3n) is 6.45. The van der Waals surface area contributed by atoms with E-state index in [1.165, 1.54) is 16.1 Å². The van der Waals surface area contributed by atoms with Crippen molar-refractivity contribution < 1.29 is 13.2 Å². The first-order valence-electron chi connectivity index (χ1n) is 12.2. The van der Waals surface area contributed by atoms with E-state index in [2.05, 4.69) is 0 Å². The molecular weight excluding hydrogens is 550 g/mol. The fraction of sp³-hybridized carbons (Fsp3) is 0.0667. The molecule has 1 aromatic heterocycles. The van der Waals surface area contributed by atoms with Gasteiger partial charge in [0.15, 0.2) is 16.2 Å². The molecule has 2 heterocycles. The van der Waals surface area contributed by atoms with Crippen LogP contribution in [0.2, 0.25) is 5.02 Å². The van der Waals surface area contributed by atoms with Crippen molar-refractivity contribution in [2.75, 3.05) is 4.31 Å². The normalized spacial score (nSPS) is 16.2. The fourth-order valence-electron chi connectivity index (χ4n) is 4.64. The van der Waals surface area contributed by atoms with Crippen molar-refractivity contribution in [2.24, 2.45) is 0 Å². The summed E-state index contributed by atoms with van der Waals surface area (Å²) in [4.78, 5) is 20.0. The number of Topliss-reactive ketones (excluding diaryl/α,β-unsaturated/α-hetero) is 1. The number of hydrogen-bond acceptors (Lipinski definition) is 5. The Balaban J connectivity index is 1.61. The predicted octanol–water partition coefficient (Wildman–Crippen LogP) is 6.95. The van der Waals surface area contributed by atoms with E-state index in [1.807, 2.05) is 91.0 Å². The summed E-state index contributed by atoms with van der Waals surface area (Å²) in [6.45, 7) is 0.0365. The molecule has 1 unspecified atom stereocenters. The molecule has 6 rings (SSSR count). The number of fused-ring (bicyclic) bond motifs is 1. The highest BCUT2D eigenvalue weighted by Crippen LogP contribution is 2.44. The standard InChI is InChI=1S/C30H22ClN3O3S2/c31-23-18-16-22(17-19-23)28-27(35)26-29(33(39(28,36)37)20-21-10-4-1-5-11-21)32-30(38-25-14-8-3-9-15-25)34(26)24-12-6-2-7-13-24/h1-19,28H,20H2. The van der Waals surface area contributed by atoms with Crippen molar-refractivity contribution in [2.45, 2.75) is 21.8 Å². The van der Waals surface area contributed by atoms with Gasteiger partial charge in [-0.05, 0) is 47.5 Å². The van der Waals surface area contributed by atoms with E-state index >= 15 is 0 Å². The molecule has 0 spiro atoms. The molecule has 0 N–H and O–H groups in total. The number of ketones is 1. The highest BCUT2D eigenvalue weighted by molar-refractivity contribution is 7.99. The minimum atomic E-state index is -4.19. The molecule has 4 aromatic carbocycles. The zero-order valence-corrected chi connectivity index (χ0v) is 22.9. The lowest BCUT2D eigenvalue weighted by Gasteiger charge is -2.32. The Morgan fingerprint density at radius 3 is 2.03 bits per heavy atom. The van der Waals surface area contributed by atoms with Crippen molar-refractivity contribution in [1.29, 1.82) is 0 Å². The lowest BCUT2D eigenvalue weighted by molar-refractivity contribution is 0.0978. The lowest BCUT2D eigenvalue weighted by atomic mass is 10.1. The van der Waals surface area contributed by atoms with Crippen LogP contribution in [0.25, 0.3) is 5.69 Å². The van der Waals surface area contributed by atoms with E-state index in [-0.39, 0.29) is 18.1 Å². The summed E-state index contributed by atoms with van der Waals surface area (Å²) in [5.74, 6) is -0.413. The number of anilines is 1. The van der Waals surface area contributed by atoms with E-state index in [1.54, 1.807) is 28.8 Å². The molecule has 194 valence electrons. The molecule has 0 saturated carbocycles. The van der Waals surface area contributed by atoms with Gasteiger partial charge in [0, 0.05) is 15.6 Å². The Morgan fingerprint density at radius 1 is 0.795 bits per heavy atom. The second kappa shape index (κ2) is 10.4. The van der Waals surface area contributed by atoms with Gasteiger partial charge in [-0.3, -0.25) is 9.36 Å². The molecule has 0 saturated heterocycles. The van der Waals surface area contributed by atoms with Crippen LogP contribution in [0.5, 0.6) is 0 Å². The molecule has 1 aliphatic rings. The molecule has 9 heteroatoms. The minimum absolute atomic E-state index is 0.0365. The van der Waals surface area contributed by atoms with E-state index in [0.29, 0.717) is 21.4 Å². The SMILES string of the molecule is O=C1c2c(nc(Sc3ccccc3)n2-c2ccccc2)N(Cc2ccccc2)S(=O)(=O)C1c1ccc(Cl)cc1. The molecule has 0 amide bonds. The number of halogens is 1. The van der Waals surface area contributed by atoms with Gasteiger partial charge in [0.25, 0.3) is 10.0 Å². The zero-order chi connectivity index (χ0) is 27.0. The van der Waals surface area contributed by atoms with Gasteiger partial charge in [0.05, 0.1) is 6.54 Å². The van der Waals surface area contributed by atoms with Crippen LogP contribution < -0.4 is 4.31 Å². The van der Waals surface area contributed by atoms with Gasteiger partial charge in [-0.25, -0.2) is 17.7 Å². The van der Waals surface area contributed by atoms with Crippen molar-refractivity contribution in [3.05, 3.63) is 137 Å². The smallest absolute Gasteiger partial charge is 0.251 e. The summed E-state index contributed by atoms with van der Waals surface area (Å²) in [6.07, 6.45) is 0. The second-order valence-corrected chi connectivity index (χ2v) is 12.4. The monoisotopic (exact) mass is 571 g/mol. The number of sulfonamides is 1. The fourth-order valence-corrected chi connectivity index (χ4v) is 7.53. The number of hydrogen-bond donors (Lipinski definition) is 0. The van der Waals surface area contributed by atoms with E-state index in [4.69, 9.17) is 16.6 Å². The molecular formula is C30H22ClN3O3S2. The highest BCUT2D eigenvalue weighted by atomic mass is 35.5. The van der Waals surface area contributed by atoms with E-state index in [0.717, 1.165) is 10.5 Å². The molecule has 0 bridgehead atoms. The van der Waals surface area contributed by atoms with Gasteiger partial charge >= 0.3 is 0 Å². The maximum atomic E-state index is 14.3. The van der Waals surface area contributed by atoms with Crippen molar-refractivity contribution in [3.8, 4) is 5.69 Å². The molecule has 5 aromatic rings.